The summed E-state index contributed by atoms with van der Waals surface area (Å²) in [7, 11) is 0. The highest BCUT2D eigenvalue weighted by atomic mass is 35.5. The molecule has 7 heteroatoms. The van der Waals surface area contributed by atoms with Crippen LogP contribution in [0, 0.1) is 5.92 Å². The largest absolute Gasteiger partial charge is 0.481 e. The molecule has 0 spiro atoms. The standard InChI is InChI=1S/C16H19N3O3.ClH/c1-2-11-3-5-12(6-4-11)15-17-14(22-18-15)10-19-8-7-13(9-19)16(20)21;/h3-6,13H,2,7-10H2,1H3,(H,20,21);1H. The van der Waals surface area contributed by atoms with E-state index in [0.717, 1.165) is 18.5 Å². The minimum absolute atomic E-state index is 0. The maximum atomic E-state index is 11.0. The second kappa shape index (κ2) is 7.57. The van der Waals surface area contributed by atoms with E-state index in [9.17, 15) is 4.79 Å². The molecular formula is C16H20ClN3O3. The van der Waals surface area contributed by atoms with E-state index >= 15 is 0 Å². The lowest BCUT2D eigenvalue weighted by Crippen LogP contribution is -2.22. The maximum Gasteiger partial charge on any atom is 0.307 e. The minimum Gasteiger partial charge on any atom is -0.481 e. The first-order valence-electron chi connectivity index (χ1n) is 7.52. The van der Waals surface area contributed by atoms with Crippen molar-refractivity contribution in [1.82, 2.24) is 15.0 Å². The van der Waals surface area contributed by atoms with Gasteiger partial charge >= 0.3 is 5.97 Å². The van der Waals surface area contributed by atoms with Crippen LogP contribution in [0.25, 0.3) is 11.4 Å². The SMILES string of the molecule is CCc1ccc(-c2noc(CN3CCC(C(=O)O)C3)n2)cc1.Cl. The number of rotatable bonds is 5. The summed E-state index contributed by atoms with van der Waals surface area (Å²) in [6.07, 6.45) is 1.67. The molecule has 2 heterocycles. The third-order valence-corrected chi connectivity index (χ3v) is 4.07. The maximum absolute atomic E-state index is 11.0. The Kier molecular flexibility index (Phi) is 5.74. The average Bonchev–Trinajstić information content (AvgIpc) is 3.17. The topological polar surface area (TPSA) is 79.5 Å². The lowest BCUT2D eigenvalue weighted by atomic mass is 10.1. The van der Waals surface area contributed by atoms with Gasteiger partial charge in [-0.1, -0.05) is 36.3 Å². The van der Waals surface area contributed by atoms with Crippen LogP contribution < -0.4 is 0 Å². The van der Waals surface area contributed by atoms with E-state index in [2.05, 4.69) is 29.2 Å². The molecule has 1 saturated heterocycles. The Bertz CT molecular complexity index is 657. The van der Waals surface area contributed by atoms with Crippen LogP contribution in [-0.4, -0.2) is 39.2 Å². The molecule has 1 aromatic heterocycles. The number of aryl methyl sites for hydroxylation is 1. The number of likely N-dealkylation sites (tertiary alicyclic amines) is 1. The molecule has 0 radical (unpaired) electrons. The van der Waals surface area contributed by atoms with Crippen molar-refractivity contribution in [3.8, 4) is 11.4 Å². The molecule has 0 aliphatic carbocycles. The highest BCUT2D eigenvalue weighted by Crippen LogP contribution is 2.20. The number of carbonyl (C=O) groups is 1. The summed E-state index contributed by atoms with van der Waals surface area (Å²) in [5.74, 6) is 0.0842. The second-order valence-corrected chi connectivity index (χ2v) is 5.62. The lowest BCUT2D eigenvalue weighted by Gasteiger charge is -2.11. The number of aromatic nitrogens is 2. The van der Waals surface area contributed by atoms with Crippen LogP contribution in [0.3, 0.4) is 0 Å². The van der Waals surface area contributed by atoms with Gasteiger partial charge in [0.15, 0.2) is 0 Å². The van der Waals surface area contributed by atoms with Gasteiger partial charge in [0.25, 0.3) is 0 Å². The van der Waals surface area contributed by atoms with E-state index in [1.54, 1.807) is 0 Å². The van der Waals surface area contributed by atoms with Crippen molar-refractivity contribution in [3.05, 3.63) is 35.7 Å². The summed E-state index contributed by atoms with van der Waals surface area (Å²) in [5.41, 5.74) is 2.20. The molecule has 1 aliphatic rings. The Morgan fingerprint density at radius 1 is 1.39 bits per heavy atom. The summed E-state index contributed by atoms with van der Waals surface area (Å²) < 4.78 is 5.28. The summed E-state index contributed by atoms with van der Waals surface area (Å²) in [5, 5.41) is 13.0. The molecule has 1 unspecified atom stereocenters. The number of halogens is 1. The van der Waals surface area contributed by atoms with E-state index < -0.39 is 5.97 Å². The monoisotopic (exact) mass is 337 g/mol. The predicted molar refractivity (Wildman–Crippen MR) is 87.4 cm³/mol. The molecule has 0 saturated carbocycles. The van der Waals surface area contributed by atoms with Crippen LogP contribution in [-0.2, 0) is 17.8 Å². The average molecular weight is 338 g/mol. The van der Waals surface area contributed by atoms with Gasteiger partial charge < -0.3 is 9.63 Å². The zero-order chi connectivity index (χ0) is 15.5. The van der Waals surface area contributed by atoms with Gasteiger partial charge in [-0.3, -0.25) is 9.69 Å². The normalized spacial score (nSPS) is 17.9. The number of benzene rings is 1. The Morgan fingerprint density at radius 3 is 2.74 bits per heavy atom. The van der Waals surface area contributed by atoms with Crippen molar-refractivity contribution in [2.24, 2.45) is 5.92 Å². The Balaban J connectivity index is 0.00000192. The second-order valence-electron chi connectivity index (χ2n) is 5.62. The number of nitrogens with zero attached hydrogens (tertiary/aromatic N) is 3. The molecule has 0 amide bonds. The number of hydrogen-bond donors (Lipinski definition) is 1. The third kappa shape index (κ3) is 4.09. The van der Waals surface area contributed by atoms with E-state index in [1.807, 2.05) is 17.0 Å². The van der Waals surface area contributed by atoms with Gasteiger partial charge in [-0.15, -0.1) is 12.4 Å². The predicted octanol–water partition coefficient (Wildman–Crippen LogP) is 2.63. The van der Waals surface area contributed by atoms with Gasteiger partial charge in [0, 0.05) is 12.1 Å². The van der Waals surface area contributed by atoms with Crippen molar-refractivity contribution in [3.63, 3.8) is 0 Å². The van der Waals surface area contributed by atoms with Gasteiger partial charge in [-0.2, -0.15) is 4.98 Å². The molecule has 1 fully saturated rings. The summed E-state index contributed by atoms with van der Waals surface area (Å²) in [4.78, 5) is 17.4. The van der Waals surface area contributed by atoms with Crippen LogP contribution in [0.1, 0.15) is 24.8 Å². The van der Waals surface area contributed by atoms with E-state index in [0.29, 0.717) is 31.2 Å². The first-order valence-corrected chi connectivity index (χ1v) is 7.52. The number of carboxylic acids is 1. The fraction of sp³-hybridized carbons (Fsp3) is 0.438. The highest BCUT2D eigenvalue weighted by Gasteiger charge is 2.28. The van der Waals surface area contributed by atoms with E-state index in [1.165, 1.54) is 5.56 Å². The van der Waals surface area contributed by atoms with Crippen molar-refractivity contribution < 1.29 is 14.4 Å². The van der Waals surface area contributed by atoms with E-state index in [-0.39, 0.29) is 18.3 Å². The zero-order valence-electron chi connectivity index (χ0n) is 12.9. The van der Waals surface area contributed by atoms with Crippen LogP contribution in [0.4, 0.5) is 0 Å². The van der Waals surface area contributed by atoms with Crippen LogP contribution in [0.15, 0.2) is 28.8 Å². The number of carboxylic acid groups (broad SMARTS) is 1. The molecule has 124 valence electrons. The van der Waals surface area contributed by atoms with Crippen LogP contribution >= 0.6 is 12.4 Å². The molecule has 2 aromatic rings. The van der Waals surface area contributed by atoms with Crippen molar-refractivity contribution in [1.29, 1.82) is 0 Å². The Hall–Kier alpha value is -1.92. The number of hydrogen-bond acceptors (Lipinski definition) is 5. The van der Waals surface area contributed by atoms with Gasteiger partial charge in [0.2, 0.25) is 11.7 Å². The molecule has 23 heavy (non-hydrogen) atoms. The first kappa shape index (κ1) is 17.4. The molecule has 0 bridgehead atoms. The fourth-order valence-electron chi connectivity index (χ4n) is 2.69. The van der Waals surface area contributed by atoms with Gasteiger partial charge in [-0.25, -0.2) is 0 Å². The third-order valence-electron chi connectivity index (χ3n) is 4.07. The van der Waals surface area contributed by atoms with Crippen molar-refractivity contribution in [2.75, 3.05) is 13.1 Å². The summed E-state index contributed by atoms with van der Waals surface area (Å²) >= 11 is 0. The number of aliphatic carboxylic acids is 1. The smallest absolute Gasteiger partial charge is 0.307 e. The molecular weight excluding hydrogens is 318 g/mol. The molecule has 1 aliphatic heterocycles. The van der Waals surface area contributed by atoms with Gasteiger partial charge in [0.1, 0.15) is 0 Å². The molecule has 6 nitrogen and oxygen atoms in total. The summed E-state index contributed by atoms with van der Waals surface area (Å²) in [6.45, 7) is 3.91. The molecule has 1 atom stereocenters. The first-order chi connectivity index (χ1) is 10.7. The van der Waals surface area contributed by atoms with Crippen molar-refractivity contribution >= 4 is 18.4 Å². The Labute approximate surface area is 140 Å². The minimum atomic E-state index is -0.732. The van der Waals surface area contributed by atoms with Gasteiger partial charge in [0.05, 0.1) is 12.5 Å². The zero-order valence-corrected chi connectivity index (χ0v) is 13.8. The van der Waals surface area contributed by atoms with Crippen molar-refractivity contribution in [2.45, 2.75) is 26.3 Å². The highest BCUT2D eigenvalue weighted by molar-refractivity contribution is 5.85. The molecule has 1 aromatic carbocycles. The van der Waals surface area contributed by atoms with Crippen LogP contribution in [0.2, 0.25) is 0 Å². The van der Waals surface area contributed by atoms with Gasteiger partial charge in [-0.05, 0) is 24.9 Å². The quantitative estimate of drug-likeness (QED) is 0.903. The Morgan fingerprint density at radius 2 is 2.13 bits per heavy atom. The summed E-state index contributed by atoms with van der Waals surface area (Å²) in [6, 6.07) is 8.10. The molecule has 3 rings (SSSR count). The van der Waals surface area contributed by atoms with E-state index in [4.69, 9.17) is 9.63 Å². The fourth-order valence-corrected chi connectivity index (χ4v) is 2.69. The van der Waals surface area contributed by atoms with Crippen LogP contribution in [0.5, 0.6) is 0 Å². The lowest BCUT2D eigenvalue weighted by molar-refractivity contribution is -0.141. The molecule has 1 N–H and O–H groups in total.